The van der Waals surface area contributed by atoms with Crippen LogP contribution in [0.2, 0.25) is 0 Å². The van der Waals surface area contributed by atoms with Crippen LogP contribution in [0.1, 0.15) is 67.3 Å². The van der Waals surface area contributed by atoms with Crippen molar-refractivity contribution in [2.45, 2.75) is 58.3 Å². The highest BCUT2D eigenvalue weighted by Gasteiger charge is 2.51. The van der Waals surface area contributed by atoms with E-state index in [4.69, 9.17) is 0 Å². The normalized spacial score (nSPS) is 33.6. The second kappa shape index (κ2) is 7.45. The summed E-state index contributed by atoms with van der Waals surface area (Å²) in [4.78, 5) is 30.1. The highest BCUT2D eigenvalue weighted by molar-refractivity contribution is 5.94. The van der Waals surface area contributed by atoms with Gasteiger partial charge in [0.25, 0.3) is 5.91 Å². The summed E-state index contributed by atoms with van der Waals surface area (Å²) in [5.41, 5.74) is 2.22. The van der Waals surface area contributed by atoms with E-state index < -0.39 is 0 Å². The second-order valence-electron chi connectivity index (χ2n) is 10.5. The fraction of sp³-hybridized carbons (Fsp3) is 0.680. The lowest BCUT2D eigenvalue weighted by molar-refractivity contribution is -0.139. The molecular weight excluding hydrogens is 360 g/mol. The molecule has 4 saturated carbocycles. The smallest absolute Gasteiger partial charge is 0.253 e. The van der Waals surface area contributed by atoms with Crippen LogP contribution >= 0.6 is 0 Å². The van der Waals surface area contributed by atoms with Crippen molar-refractivity contribution in [3.8, 4) is 0 Å². The number of nitrogens with zero attached hydrogens (tertiary/aromatic N) is 2. The van der Waals surface area contributed by atoms with Crippen LogP contribution in [-0.4, -0.2) is 47.8 Å². The minimum absolute atomic E-state index is 0.0976. The van der Waals surface area contributed by atoms with Crippen molar-refractivity contribution in [3.63, 3.8) is 0 Å². The molecule has 1 aliphatic heterocycles. The quantitative estimate of drug-likeness (QED) is 0.768. The molecule has 4 aliphatic carbocycles. The van der Waals surface area contributed by atoms with Crippen molar-refractivity contribution in [3.05, 3.63) is 35.4 Å². The predicted octanol–water partition coefficient (Wildman–Crippen LogP) is 4.28. The van der Waals surface area contributed by atoms with Crippen molar-refractivity contribution in [2.24, 2.45) is 23.2 Å². The van der Waals surface area contributed by atoms with Crippen molar-refractivity contribution >= 4 is 11.8 Å². The first-order valence-corrected chi connectivity index (χ1v) is 11.6. The third-order valence-electron chi connectivity index (χ3n) is 8.13. The van der Waals surface area contributed by atoms with Crippen LogP contribution in [0.5, 0.6) is 0 Å². The van der Waals surface area contributed by atoms with Crippen molar-refractivity contribution in [1.82, 2.24) is 9.80 Å². The van der Waals surface area contributed by atoms with Crippen molar-refractivity contribution in [2.75, 3.05) is 26.2 Å². The molecule has 1 heterocycles. The minimum atomic E-state index is 0.0976. The number of rotatable bonds is 3. The van der Waals surface area contributed by atoms with Gasteiger partial charge in [-0.2, -0.15) is 0 Å². The fourth-order valence-corrected chi connectivity index (χ4v) is 7.19. The zero-order chi connectivity index (χ0) is 20.0. The Kier molecular flexibility index (Phi) is 4.92. The summed E-state index contributed by atoms with van der Waals surface area (Å²) in [5, 5.41) is 0. The van der Waals surface area contributed by atoms with Gasteiger partial charge >= 0.3 is 0 Å². The van der Waals surface area contributed by atoms with E-state index in [-0.39, 0.29) is 5.91 Å². The van der Waals surface area contributed by atoms with Gasteiger partial charge in [-0.25, -0.2) is 0 Å². The molecule has 4 nitrogen and oxygen atoms in total. The Morgan fingerprint density at radius 1 is 0.862 bits per heavy atom. The van der Waals surface area contributed by atoms with Crippen LogP contribution in [0.25, 0.3) is 0 Å². The highest BCUT2D eigenvalue weighted by atomic mass is 16.2. The Hall–Kier alpha value is -1.84. The number of hydrogen-bond acceptors (Lipinski definition) is 2. The predicted molar refractivity (Wildman–Crippen MR) is 114 cm³/mol. The lowest BCUT2D eigenvalue weighted by Crippen LogP contribution is -2.48. The van der Waals surface area contributed by atoms with Gasteiger partial charge in [-0.1, -0.05) is 17.7 Å². The number of aryl methyl sites for hydroxylation is 1. The summed E-state index contributed by atoms with van der Waals surface area (Å²) >= 11 is 0. The van der Waals surface area contributed by atoms with Crippen LogP contribution in [0.15, 0.2) is 24.3 Å². The average molecular weight is 395 g/mol. The molecule has 0 radical (unpaired) electrons. The fourth-order valence-electron chi connectivity index (χ4n) is 7.19. The third kappa shape index (κ3) is 3.83. The van der Waals surface area contributed by atoms with Gasteiger partial charge in [0.1, 0.15) is 0 Å². The first-order valence-electron chi connectivity index (χ1n) is 11.6. The van der Waals surface area contributed by atoms with E-state index in [0.29, 0.717) is 24.4 Å². The van der Waals surface area contributed by atoms with Gasteiger partial charge in [-0.15, -0.1) is 0 Å². The third-order valence-corrected chi connectivity index (χ3v) is 8.13. The molecule has 5 aliphatic rings. The van der Waals surface area contributed by atoms with Gasteiger partial charge in [0, 0.05) is 38.2 Å². The van der Waals surface area contributed by atoms with Crippen LogP contribution in [-0.2, 0) is 4.79 Å². The van der Waals surface area contributed by atoms with Gasteiger partial charge < -0.3 is 9.80 Å². The summed E-state index contributed by atoms with van der Waals surface area (Å²) in [7, 11) is 0. The number of carbonyl (C=O) groups excluding carboxylic acids is 2. The summed E-state index contributed by atoms with van der Waals surface area (Å²) in [6, 6.07) is 7.82. The van der Waals surface area contributed by atoms with E-state index in [2.05, 4.69) is 4.90 Å². The first kappa shape index (κ1) is 19.1. The Balaban J connectivity index is 1.20. The Labute approximate surface area is 174 Å². The molecule has 0 aromatic heterocycles. The molecule has 0 N–H and O–H groups in total. The van der Waals surface area contributed by atoms with Crippen molar-refractivity contribution in [1.29, 1.82) is 0 Å². The van der Waals surface area contributed by atoms with Gasteiger partial charge in [0.05, 0.1) is 0 Å². The topological polar surface area (TPSA) is 40.6 Å². The Bertz CT molecular complexity index is 749. The zero-order valence-electron chi connectivity index (χ0n) is 17.7. The largest absolute Gasteiger partial charge is 0.341 e. The molecule has 1 aromatic rings. The summed E-state index contributed by atoms with van der Waals surface area (Å²) in [5.74, 6) is 3.11. The molecule has 2 amide bonds. The second-order valence-corrected chi connectivity index (χ2v) is 10.5. The SMILES string of the molecule is Cc1ccc(C(=O)N2CCCN(C(=O)CC34CC5CC(CC(C5)C3)C4)CC2)cc1. The van der Waals surface area contributed by atoms with E-state index in [1.165, 1.54) is 44.1 Å². The summed E-state index contributed by atoms with van der Waals surface area (Å²) < 4.78 is 0. The van der Waals surface area contributed by atoms with Gasteiger partial charge in [0.2, 0.25) is 5.91 Å². The van der Waals surface area contributed by atoms with E-state index >= 15 is 0 Å². The Morgan fingerprint density at radius 2 is 1.41 bits per heavy atom. The van der Waals surface area contributed by atoms with E-state index in [0.717, 1.165) is 49.2 Å². The lowest BCUT2D eigenvalue weighted by Gasteiger charge is -2.57. The minimum Gasteiger partial charge on any atom is -0.341 e. The number of hydrogen-bond donors (Lipinski definition) is 0. The molecule has 1 aromatic carbocycles. The zero-order valence-corrected chi connectivity index (χ0v) is 17.7. The molecule has 29 heavy (non-hydrogen) atoms. The van der Waals surface area contributed by atoms with Gasteiger partial charge in [-0.05, 0) is 87.2 Å². The molecule has 4 bridgehead atoms. The molecule has 4 heteroatoms. The van der Waals surface area contributed by atoms with Crippen LogP contribution < -0.4 is 0 Å². The molecule has 0 atom stereocenters. The van der Waals surface area contributed by atoms with Gasteiger partial charge in [-0.3, -0.25) is 9.59 Å². The molecule has 5 fully saturated rings. The van der Waals surface area contributed by atoms with Crippen LogP contribution in [0.4, 0.5) is 0 Å². The molecule has 1 saturated heterocycles. The summed E-state index contributed by atoms with van der Waals surface area (Å²) in [6.45, 7) is 4.91. The monoisotopic (exact) mass is 394 g/mol. The first-order chi connectivity index (χ1) is 14.0. The van der Waals surface area contributed by atoms with Gasteiger partial charge in [0.15, 0.2) is 0 Å². The number of carbonyl (C=O) groups is 2. The molecule has 156 valence electrons. The Morgan fingerprint density at radius 3 is 2.03 bits per heavy atom. The molecule has 0 unspecified atom stereocenters. The maximum Gasteiger partial charge on any atom is 0.253 e. The van der Waals surface area contributed by atoms with Crippen LogP contribution in [0, 0.1) is 30.1 Å². The molecular formula is C25H34N2O2. The summed E-state index contributed by atoms with van der Waals surface area (Å²) in [6.07, 6.45) is 9.77. The maximum atomic E-state index is 13.2. The standard InChI is InChI=1S/C25H34N2O2/c1-18-3-5-22(6-4-18)24(29)27-8-2-7-26(9-10-27)23(28)17-25-14-19-11-20(15-25)13-21(12-19)16-25/h3-6,19-21H,2,7-17H2,1H3. The van der Waals surface area contributed by atoms with Crippen LogP contribution in [0.3, 0.4) is 0 Å². The number of benzene rings is 1. The van der Waals surface area contributed by atoms with E-state index in [1.54, 1.807) is 0 Å². The van der Waals surface area contributed by atoms with Crippen molar-refractivity contribution < 1.29 is 9.59 Å². The number of amides is 2. The highest BCUT2D eigenvalue weighted by Crippen LogP contribution is 2.61. The lowest BCUT2D eigenvalue weighted by atomic mass is 9.49. The molecule has 6 rings (SSSR count). The maximum absolute atomic E-state index is 13.2. The average Bonchev–Trinajstić information content (AvgIpc) is 2.93. The van der Waals surface area contributed by atoms with E-state index in [9.17, 15) is 9.59 Å². The van der Waals surface area contributed by atoms with E-state index in [1.807, 2.05) is 36.1 Å². The molecule has 0 spiro atoms.